The first-order valence-electron chi connectivity index (χ1n) is 10.6. The van der Waals surface area contributed by atoms with Gasteiger partial charge in [0.15, 0.2) is 0 Å². The number of hydrogen-bond donors (Lipinski definition) is 0. The lowest BCUT2D eigenvalue weighted by Gasteiger charge is -2.39. The Hall–Kier alpha value is -2.67. The topological polar surface area (TPSA) is 42.0 Å². The second kappa shape index (κ2) is 10.6. The molecule has 0 radical (unpaired) electrons. The summed E-state index contributed by atoms with van der Waals surface area (Å²) in [6.07, 6.45) is -1.18. The van der Waals surface area contributed by atoms with Crippen molar-refractivity contribution in [1.29, 1.82) is 0 Å². The molecule has 1 fully saturated rings. The molecular weight excluding hydrogens is 402 g/mol. The van der Waals surface area contributed by atoms with E-state index >= 15 is 0 Å². The van der Waals surface area contributed by atoms with Gasteiger partial charge in [0, 0.05) is 19.6 Å². The van der Waals surface area contributed by atoms with Crippen LogP contribution in [0.2, 0.25) is 0 Å². The van der Waals surface area contributed by atoms with Crippen LogP contribution in [0.25, 0.3) is 0 Å². The number of hydrogen-bond acceptors (Lipinski definition) is 4. The monoisotopic (exact) mass is 432 g/mol. The Morgan fingerprint density at radius 2 is 1.77 bits per heavy atom. The Kier molecular flexibility index (Phi) is 7.85. The van der Waals surface area contributed by atoms with Gasteiger partial charge in [0.1, 0.15) is 24.3 Å². The number of nitrogens with zero attached hydrogens (tertiary/aromatic N) is 2. The summed E-state index contributed by atoms with van der Waals surface area (Å²) in [5, 5.41) is 0. The molecule has 0 bridgehead atoms. The quantitative estimate of drug-likeness (QED) is 0.631. The Morgan fingerprint density at radius 3 is 2.39 bits per heavy atom. The number of amides is 1. The number of rotatable bonds is 7. The number of likely N-dealkylation sites (tertiary alicyclic amines) is 1. The van der Waals surface area contributed by atoms with Gasteiger partial charge >= 0.3 is 6.09 Å². The maximum absolute atomic E-state index is 14.8. The molecule has 1 saturated heterocycles. The summed E-state index contributed by atoms with van der Waals surface area (Å²) in [6.45, 7) is 5.09. The third kappa shape index (κ3) is 6.66. The summed E-state index contributed by atoms with van der Waals surface area (Å²) in [6, 6.07) is 12.6. The van der Waals surface area contributed by atoms with Crippen molar-refractivity contribution in [2.75, 3.05) is 20.1 Å². The smallest absolute Gasteiger partial charge is 0.410 e. The predicted octanol–water partition coefficient (Wildman–Crippen LogP) is 4.79. The fraction of sp³-hybridized carbons (Fsp3) is 0.458. The van der Waals surface area contributed by atoms with Crippen LogP contribution in [0.5, 0.6) is 5.75 Å². The van der Waals surface area contributed by atoms with Crippen LogP contribution in [0.15, 0.2) is 48.5 Å². The van der Waals surface area contributed by atoms with Crippen LogP contribution in [-0.4, -0.2) is 54.3 Å². The van der Waals surface area contributed by atoms with E-state index in [9.17, 15) is 13.6 Å². The largest absolute Gasteiger partial charge is 0.491 e. The van der Waals surface area contributed by atoms with Crippen LogP contribution >= 0.6 is 0 Å². The first-order chi connectivity index (χ1) is 14.8. The number of alkyl halides is 1. The molecule has 0 saturated carbocycles. The fourth-order valence-corrected chi connectivity index (χ4v) is 3.66. The van der Waals surface area contributed by atoms with Gasteiger partial charge in [-0.1, -0.05) is 24.3 Å². The zero-order valence-corrected chi connectivity index (χ0v) is 18.3. The zero-order valence-electron chi connectivity index (χ0n) is 18.3. The fourth-order valence-electron chi connectivity index (χ4n) is 3.66. The van der Waals surface area contributed by atoms with E-state index in [1.54, 1.807) is 12.1 Å². The van der Waals surface area contributed by atoms with Crippen molar-refractivity contribution in [1.82, 2.24) is 9.80 Å². The summed E-state index contributed by atoms with van der Waals surface area (Å²) in [7, 11) is 1.86. The van der Waals surface area contributed by atoms with Crippen LogP contribution < -0.4 is 4.74 Å². The number of benzene rings is 2. The van der Waals surface area contributed by atoms with Gasteiger partial charge in [-0.15, -0.1) is 0 Å². The lowest BCUT2D eigenvalue weighted by Crippen LogP contribution is -2.53. The van der Waals surface area contributed by atoms with Crippen LogP contribution in [-0.2, 0) is 17.9 Å². The maximum Gasteiger partial charge on any atom is 0.410 e. The highest BCUT2D eigenvalue weighted by Gasteiger charge is 2.35. The van der Waals surface area contributed by atoms with Gasteiger partial charge in [0.05, 0.1) is 12.1 Å². The number of carbonyl (C=O) groups excluding carboxylic acids is 1. The molecule has 7 heteroatoms. The Bertz CT molecular complexity index is 843. The Balaban J connectivity index is 1.68. The maximum atomic E-state index is 14.8. The van der Waals surface area contributed by atoms with E-state index in [4.69, 9.17) is 9.47 Å². The van der Waals surface area contributed by atoms with E-state index < -0.39 is 18.3 Å². The molecule has 1 amide bonds. The second-order valence-electron chi connectivity index (χ2n) is 8.25. The summed E-state index contributed by atoms with van der Waals surface area (Å²) < 4.78 is 39.2. The van der Waals surface area contributed by atoms with Gasteiger partial charge in [-0.2, -0.15) is 0 Å². The van der Waals surface area contributed by atoms with Crippen molar-refractivity contribution in [2.24, 2.45) is 0 Å². The number of halogens is 2. The van der Waals surface area contributed by atoms with Gasteiger partial charge in [0.25, 0.3) is 0 Å². The lowest BCUT2D eigenvalue weighted by molar-refractivity contribution is 0.0235. The summed E-state index contributed by atoms with van der Waals surface area (Å²) in [4.78, 5) is 16.3. The van der Waals surface area contributed by atoms with Crippen LogP contribution in [0.3, 0.4) is 0 Å². The van der Waals surface area contributed by atoms with Crippen molar-refractivity contribution in [2.45, 2.75) is 51.7 Å². The normalized spacial score (nSPS) is 19.3. The summed E-state index contributed by atoms with van der Waals surface area (Å²) in [5.74, 6) is 0.389. The van der Waals surface area contributed by atoms with E-state index in [1.165, 1.54) is 17.0 Å². The molecular formula is C24H30F2N2O3. The van der Waals surface area contributed by atoms with Gasteiger partial charge in [-0.25, -0.2) is 13.6 Å². The minimum atomic E-state index is -1.18. The molecule has 0 unspecified atom stereocenters. The molecule has 2 aromatic rings. The molecule has 31 heavy (non-hydrogen) atoms. The minimum Gasteiger partial charge on any atom is -0.491 e. The van der Waals surface area contributed by atoms with Crippen molar-refractivity contribution >= 4 is 6.09 Å². The van der Waals surface area contributed by atoms with Gasteiger partial charge in [0.2, 0.25) is 0 Å². The van der Waals surface area contributed by atoms with Crippen LogP contribution in [0, 0.1) is 5.82 Å². The molecule has 1 aliphatic rings. The lowest BCUT2D eigenvalue weighted by atomic mass is 10.0. The highest BCUT2D eigenvalue weighted by molar-refractivity contribution is 5.68. The molecule has 3 rings (SSSR count). The third-order valence-electron chi connectivity index (χ3n) is 5.27. The number of carbonyl (C=O) groups is 1. The van der Waals surface area contributed by atoms with Gasteiger partial charge in [-0.05, 0) is 62.7 Å². The van der Waals surface area contributed by atoms with Gasteiger partial charge in [-0.3, -0.25) is 4.90 Å². The molecule has 1 aliphatic heterocycles. The Labute approximate surface area is 182 Å². The SMILES string of the molecule is CC(C)Oc1ccc(COC(=O)N(Cc2ccc(F)cc2)[C@H]2CCN(C)C[C@H]2F)cc1. The molecule has 5 nitrogen and oxygen atoms in total. The van der Waals surface area contributed by atoms with E-state index in [1.807, 2.05) is 50.1 Å². The molecule has 2 atom stereocenters. The van der Waals surface area contributed by atoms with Crippen LogP contribution in [0.4, 0.5) is 13.6 Å². The van der Waals surface area contributed by atoms with E-state index in [0.717, 1.165) is 16.9 Å². The Morgan fingerprint density at radius 1 is 1.13 bits per heavy atom. The number of ether oxygens (including phenoxy) is 2. The average molecular weight is 433 g/mol. The first-order valence-corrected chi connectivity index (χ1v) is 10.6. The molecule has 0 N–H and O–H groups in total. The van der Waals surface area contributed by atoms with Crippen LogP contribution in [0.1, 0.15) is 31.4 Å². The predicted molar refractivity (Wildman–Crippen MR) is 115 cm³/mol. The summed E-state index contributed by atoms with van der Waals surface area (Å²) in [5.41, 5.74) is 1.53. The van der Waals surface area contributed by atoms with Gasteiger partial charge < -0.3 is 14.4 Å². The highest BCUT2D eigenvalue weighted by Crippen LogP contribution is 2.23. The van der Waals surface area contributed by atoms with E-state index in [2.05, 4.69) is 0 Å². The second-order valence-corrected chi connectivity index (χ2v) is 8.25. The molecule has 1 heterocycles. The van der Waals surface area contributed by atoms with Crippen molar-refractivity contribution < 1.29 is 23.0 Å². The zero-order chi connectivity index (χ0) is 22.4. The molecule has 0 spiro atoms. The van der Waals surface area contributed by atoms with Crippen molar-refractivity contribution in [3.05, 3.63) is 65.5 Å². The van der Waals surface area contributed by atoms with E-state index in [0.29, 0.717) is 13.0 Å². The average Bonchev–Trinajstić information content (AvgIpc) is 2.73. The first kappa shape index (κ1) is 23.0. The van der Waals surface area contributed by atoms with E-state index in [-0.39, 0.29) is 31.6 Å². The molecule has 0 aliphatic carbocycles. The molecule has 168 valence electrons. The molecule has 0 aromatic heterocycles. The highest BCUT2D eigenvalue weighted by atomic mass is 19.1. The molecule has 2 aromatic carbocycles. The van der Waals surface area contributed by atoms with Crippen molar-refractivity contribution in [3.63, 3.8) is 0 Å². The standard InChI is InChI=1S/C24H30F2N2O3/c1-17(2)31-21-10-6-19(7-11-21)16-30-24(29)28(14-18-4-8-20(25)9-5-18)23-12-13-27(3)15-22(23)26/h4-11,17,22-23H,12-16H2,1-3H3/t22-,23+/m1/s1. The minimum absolute atomic E-state index is 0.0737. The number of piperidine rings is 1. The summed E-state index contributed by atoms with van der Waals surface area (Å²) >= 11 is 0. The van der Waals surface area contributed by atoms with Crippen molar-refractivity contribution in [3.8, 4) is 5.75 Å². The third-order valence-corrected chi connectivity index (χ3v) is 5.27.